The van der Waals surface area contributed by atoms with Gasteiger partial charge in [0.05, 0.1) is 0 Å². The maximum Gasteiger partial charge on any atom is 0.285 e. The Balaban J connectivity index is 1.42. The number of likely N-dealkylation sites (tertiary alicyclic amines) is 1. The molecule has 4 rings (SSSR count). The highest BCUT2D eigenvalue weighted by Gasteiger charge is 2.35. The molecule has 1 saturated heterocycles. The molecule has 0 spiro atoms. The van der Waals surface area contributed by atoms with Crippen LogP contribution < -0.4 is 0 Å². The van der Waals surface area contributed by atoms with E-state index in [0.29, 0.717) is 30.5 Å². The maximum absolute atomic E-state index is 12.9. The SMILES string of the molecule is CN(C(=O)C1CCN(C2=NS(=O)(=O)c3ccccc32)CC1)C1CCCCC1. The van der Waals surface area contributed by atoms with E-state index in [1.807, 2.05) is 29.0 Å². The van der Waals surface area contributed by atoms with Crippen molar-refractivity contribution in [1.29, 1.82) is 0 Å². The van der Waals surface area contributed by atoms with Gasteiger partial charge in [-0.1, -0.05) is 31.4 Å². The first-order valence-electron chi connectivity index (χ1n) is 9.93. The van der Waals surface area contributed by atoms with Crippen LogP contribution in [-0.4, -0.2) is 56.1 Å². The molecule has 6 nitrogen and oxygen atoms in total. The zero-order valence-corrected chi connectivity index (χ0v) is 16.6. The van der Waals surface area contributed by atoms with E-state index in [-0.39, 0.29) is 16.7 Å². The summed E-state index contributed by atoms with van der Waals surface area (Å²) in [7, 11) is -1.64. The largest absolute Gasteiger partial charge is 0.355 e. The minimum absolute atomic E-state index is 0.0297. The molecule has 27 heavy (non-hydrogen) atoms. The van der Waals surface area contributed by atoms with Crippen LogP contribution in [0, 0.1) is 5.92 Å². The lowest BCUT2D eigenvalue weighted by Gasteiger charge is -2.37. The summed E-state index contributed by atoms with van der Waals surface area (Å²) in [6.45, 7) is 1.33. The van der Waals surface area contributed by atoms with Gasteiger partial charge < -0.3 is 9.80 Å². The Morgan fingerprint density at radius 1 is 1.07 bits per heavy atom. The van der Waals surface area contributed by atoms with Crippen molar-refractivity contribution in [3.05, 3.63) is 29.8 Å². The van der Waals surface area contributed by atoms with Crippen LogP contribution in [0.15, 0.2) is 33.6 Å². The highest BCUT2D eigenvalue weighted by molar-refractivity contribution is 7.90. The Hall–Kier alpha value is -1.89. The molecule has 2 aliphatic heterocycles. The van der Waals surface area contributed by atoms with Gasteiger partial charge in [-0.2, -0.15) is 8.42 Å². The normalized spacial score (nSPS) is 23.0. The summed E-state index contributed by atoms with van der Waals surface area (Å²) in [5.41, 5.74) is 0.682. The number of rotatable bonds is 2. The van der Waals surface area contributed by atoms with Gasteiger partial charge in [-0.25, -0.2) is 0 Å². The number of amides is 1. The second kappa shape index (κ2) is 7.26. The van der Waals surface area contributed by atoms with Crippen LogP contribution in [-0.2, 0) is 14.8 Å². The summed E-state index contributed by atoms with van der Waals surface area (Å²) in [6.07, 6.45) is 7.44. The number of hydrogen-bond acceptors (Lipinski definition) is 4. The number of sulfonamides is 1. The molecule has 0 radical (unpaired) electrons. The lowest BCUT2D eigenvalue weighted by molar-refractivity contribution is -0.138. The van der Waals surface area contributed by atoms with Crippen LogP contribution in [0.4, 0.5) is 0 Å². The minimum Gasteiger partial charge on any atom is -0.355 e. The van der Waals surface area contributed by atoms with Gasteiger partial charge in [-0.15, -0.1) is 4.40 Å². The standard InChI is InChI=1S/C20H27N3O3S/c1-22(16-7-3-2-4-8-16)20(24)15-11-13-23(14-12-15)19-17-9-5-6-10-18(17)27(25,26)21-19/h5-6,9-10,15-16H,2-4,7-8,11-14H2,1H3. The van der Waals surface area contributed by atoms with Crippen molar-refractivity contribution in [2.24, 2.45) is 10.3 Å². The Morgan fingerprint density at radius 2 is 1.74 bits per heavy atom. The molecule has 3 aliphatic rings. The number of nitrogens with zero attached hydrogens (tertiary/aromatic N) is 3. The van der Waals surface area contributed by atoms with Gasteiger partial charge in [-0.3, -0.25) is 4.79 Å². The minimum atomic E-state index is -3.59. The number of amidine groups is 1. The molecule has 7 heteroatoms. The fourth-order valence-corrected chi connectivity index (χ4v) is 5.82. The van der Waals surface area contributed by atoms with E-state index in [4.69, 9.17) is 0 Å². The Morgan fingerprint density at radius 3 is 2.44 bits per heavy atom. The van der Waals surface area contributed by atoms with Crippen molar-refractivity contribution >= 4 is 21.8 Å². The fourth-order valence-electron chi connectivity index (χ4n) is 4.59. The average molecular weight is 390 g/mol. The summed E-state index contributed by atoms with van der Waals surface area (Å²) >= 11 is 0. The molecule has 1 amide bonds. The van der Waals surface area contributed by atoms with Crippen molar-refractivity contribution in [3.63, 3.8) is 0 Å². The van der Waals surface area contributed by atoms with Gasteiger partial charge in [0, 0.05) is 37.7 Å². The molecule has 146 valence electrons. The third kappa shape index (κ3) is 3.49. The summed E-state index contributed by atoms with van der Waals surface area (Å²) in [5.74, 6) is 0.821. The number of fused-ring (bicyclic) bond motifs is 1. The van der Waals surface area contributed by atoms with Crippen LogP contribution in [0.25, 0.3) is 0 Å². The van der Waals surface area contributed by atoms with E-state index in [0.717, 1.165) is 25.7 Å². The highest BCUT2D eigenvalue weighted by atomic mass is 32.2. The maximum atomic E-state index is 12.9. The summed E-state index contributed by atoms with van der Waals surface area (Å²) in [6, 6.07) is 7.37. The van der Waals surface area contributed by atoms with E-state index >= 15 is 0 Å². The summed E-state index contributed by atoms with van der Waals surface area (Å²) in [4.78, 5) is 17.2. The van der Waals surface area contributed by atoms with Crippen LogP contribution in [0.5, 0.6) is 0 Å². The summed E-state index contributed by atoms with van der Waals surface area (Å²) < 4.78 is 28.5. The van der Waals surface area contributed by atoms with Gasteiger partial charge in [0.1, 0.15) is 4.90 Å². The third-order valence-electron chi connectivity index (χ3n) is 6.23. The van der Waals surface area contributed by atoms with Crippen molar-refractivity contribution in [3.8, 4) is 0 Å². The highest BCUT2D eigenvalue weighted by Crippen LogP contribution is 2.31. The van der Waals surface area contributed by atoms with Crippen LogP contribution in [0.1, 0.15) is 50.5 Å². The van der Waals surface area contributed by atoms with Gasteiger partial charge in [-0.05, 0) is 37.8 Å². The van der Waals surface area contributed by atoms with Crippen molar-refractivity contribution < 1.29 is 13.2 Å². The number of benzene rings is 1. The first kappa shape index (κ1) is 18.5. The molecular weight excluding hydrogens is 362 g/mol. The fraction of sp³-hybridized carbons (Fsp3) is 0.600. The van der Waals surface area contributed by atoms with Crippen molar-refractivity contribution in [2.75, 3.05) is 20.1 Å². The molecule has 0 N–H and O–H groups in total. The third-order valence-corrected chi connectivity index (χ3v) is 7.55. The lowest BCUT2D eigenvalue weighted by Crippen LogP contribution is -2.46. The van der Waals surface area contributed by atoms with Crippen molar-refractivity contribution in [1.82, 2.24) is 9.80 Å². The van der Waals surface area contributed by atoms with Crippen LogP contribution >= 0.6 is 0 Å². The van der Waals surface area contributed by atoms with E-state index in [2.05, 4.69) is 4.40 Å². The monoisotopic (exact) mass is 389 g/mol. The zero-order valence-electron chi connectivity index (χ0n) is 15.8. The van der Waals surface area contributed by atoms with E-state index < -0.39 is 10.0 Å². The van der Waals surface area contributed by atoms with E-state index in [1.165, 1.54) is 19.3 Å². The molecule has 1 saturated carbocycles. The quantitative estimate of drug-likeness (QED) is 0.780. The summed E-state index contributed by atoms with van der Waals surface area (Å²) in [5, 5.41) is 0. The number of carbonyl (C=O) groups excluding carboxylic acids is 1. The molecule has 2 heterocycles. The number of hydrogen-bond donors (Lipinski definition) is 0. The second-order valence-corrected chi connectivity index (χ2v) is 9.46. The van der Waals surface area contributed by atoms with Gasteiger partial charge in [0.15, 0.2) is 5.84 Å². The Bertz CT molecular complexity index is 851. The molecule has 0 aromatic heterocycles. The Kier molecular flexibility index (Phi) is 4.97. The Labute approximate surface area is 161 Å². The first-order chi connectivity index (χ1) is 13.0. The first-order valence-corrected chi connectivity index (χ1v) is 11.4. The molecule has 2 fully saturated rings. The van der Waals surface area contributed by atoms with E-state index in [1.54, 1.807) is 12.1 Å². The molecule has 1 aromatic rings. The molecule has 1 aliphatic carbocycles. The van der Waals surface area contributed by atoms with E-state index in [9.17, 15) is 13.2 Å². The number of piperidine rings is 1. The predicted molar refractivity (Wildman–Crippen MR) is 104 cm³/mol. The lowest BCUT2D eigenvalue weighted by atomic mass is 9.91. The topological polar surface area (TPSA) is 70.1 Å². The number of carbonyl (C=O) groups is 1. The second-order valence-electron chi connectivity index (χ2n) is 7.89. The van der Waals surface area contributed by atoms with Gasteiger partial charge >= 0.3 is 0 Å². The van der Waals surface area contributed by atoms with Crippen molar-refractivity contribution in [2.45, 2.75) is 55.9 Å². The van der Waals surface area contributed by atoms with Crippen LogP contribution in [0.3, 0.4) is 0 Å². The van der Waals surface area contributed by atoms with Crippen LogP contribution in [0.2, 0.25) is 0 Å². The average Bonchev–Trinajstić information content (AvgIpc) is 2.99. The van der Waals surface area contributed by atoms with Gasteiger partial charge in [0.2, 0.25) is 5.91 Å². The molecule has 1 aromatic carbocycles. The molecular formula is C20H27N3O3S. The smallest absolute Gasteiger partial charge is 0.285 e. The molecule has 0 atom stereocenters. The predicted octanol–water partition coefficient (Wildman–Crippen LogP) is 2.64. The zero-order chi connectivity index (χ0) is 19.0. The molecule has 0 bridgehead atoms. The van der Waals surface area contributed by atoms with Gasteiger partial charge in [0.25, 0.3) is 10.0 Å². The molecule has 0 unspecified atom stereocenters.